The topological polar surface area (TPSA) is 119 Å². The molecule has 0 bridgehead atoms. The molecule has 0 saturated heterocycles. The summed E-state index contributed by atoms with van der Waals surface area (Å²) in [6, 6.07) is 5.11. The van der Waals surface area contributed by atoms with E-state index in [1.165, 1.54) is 0 Å². The zero-order valence-corrected chi connectivity index (χ0v) is 6.88. The molecule has 74 valence electrons. The Balaban J connectivity index is 0.000000213. The van der Waals surface area contributed by atoms with E-state index in [0.717, 1.165) is 5.52 Å². The maximum Gasteiger partial charge on any atom is 0.503 e. The van der Waals surface area contributed by atoms with Crippen molar-refractivity contribution in [3.05, 3.63) is 18.2 Å². The second kappa shape index (κ2) is 4.08. The Kier molecular flexibility index (Phi) is 2.85. The highest BCUT2D eigenvalue weighted by Crippen LogP contribution is 2.18. The highest BCUT2D eigenvalue weighted by atomic mass is 16.6. The molecule has 1 aromatic carbocycles. The molecule has 0 unspecified atom stereocenters. The first-order valence-corrected chi connectivity index (χ1v) is 3.52. The zero-order chi connectivity index (χ0) is 10.6. The highest BCUT2D eigenvalue weighted by Gasteiger charge is 1.99. The standard InChI is InChI=1S/C6H5N3O.CH2O3/c10-5-3-1-2-4-6(5)8-9-7-4;2-1(3)4/h1-3,10H,(H,7,8,9);(H2,2,3,4). The number of nitrogens with one attached hydrogen (secondary N) is 1. The number of fused-ring (bicyclic) bond motifs is 1. The second-order valence-corrected chi connectivity index (χ2v) is 2.27. The molecular formula is C7H7N3O4. The number of hydrogen-bond donors (Lipinski definition) is 4. The van der Waals surface area contributed by atoms with Gasteiger partial charge in [0.25, 0.3) is 0 Å². The molecule has 1 heterocycles. The summed E-state index contributed by atoms with van der Waals surface area (Å²) in [5, 5.41) is 32.9. The van der Waals surface area contributed by atoms with Crippen LogP contribution in [0.2, 0.25) is 0 Å². The molecule has 0 atom stereocenters. The fourth-order valence-corrected chi connectivity index (χ4v) is 0.856. The van der Waals surface area contributed by atoms with Crippen molar-refractivity contribution in [1.82, 2.24) is 15.4 Å². The summed E-state index contributed by atoms with van der Waals surface area (Å²) in [5.74, 6) is 0.159. The first-order valence-electron chi connectivity index (χ1n) is 3.52. The molecule has 2 aromatic rings. The summed E-state index contributed by atoms with van der Waals surface area (Å²) in [4.78, 5) is 8.56. The van der Waals surface area contributed by atoms with Crippen LogP contribution in [0.4, 0.5) is 4.79 Å². The number of phenolic OH excluding ortho intramolecular Hbond substituents is 1. The minimum Gasteiger partial charge on any atom is -0.506 e. The number of rotatable bonds is 0. The van der Waals surface area contributed by atoms with Gasteiger partial charge >= 0.3 is 6.16 Å². The molecule has 0 aliphatic rings. The van der Waals surface area contributed by atoms with Gasteiger partial charge in [-0.1, -0.05) is 11.3 Å². The van der Waals surface area contributed by atoms with Crippen LogP contribution in [0.15, 0.2) is 18.2 Å². The molecule has 0 aliphatic heterocycles. The van der Waals surface area contributed by atoms with Crippen molar-refractivity contribution in [2.24, 2.45) is 0 Å². The fraction of sp³-hybridized carbons (Fsp3) is 0. The van der Waals surface area contributed by atoms with Gasteiger partial charge in [-0.2, -0.15) is 0 Å². The second-order valence-electron chi connectivity index (χ2n) is 2.27. The summed E-state index contributed by atoms with van der Waals surface area (Å²) < 4.78 is 0. The molecule has 0 spiro atoms. The monoisotopic (exact) mass is 197 g/mol. The molecular weight excluding hydrogens is 190 g/mol. The number of aromatic hydroxyl groups is 1. The SMILES string of the molecule is O=C(O)O.Oc1cccc2[nH]nnc12. The maximum atomic E-state index is 9.14. The van der Waals surface area contributed by atoms with E-state index in [-0.39, 0.29) is 5.75 Å². The van der Waals surface area contributed by atoms with Gasteiger partial charge in [-0.25, -0.2) is 4.79 Å². The van der Waals surface area contributed by atoms with Crippen molar-refractivity contribution >= 4 is 17.2 Å². The number of nitrogens with zero attached hydrogens (tertiary/aromatic N) is 2. The fourth-order valence-electron chi connectivity index (χ4n) is 0.856. The van der Waals surface area contributed by atoms with Crippen LogP contribution in [0.5, 0.6) is 5.75 Å². The first-order chi connectivity index (χ1) is 6.61. The first kappa shape index (κ1) is 9.78. The molecule has 0 radical (unpaired) electrons. The molecule has 14 heavy (non-hydrogen) atoms. The number of aromatic amines is 1. The lowest BCUT2D eigenvalue weighted by Crippen LogP contribution is -1.81. The Labute approximate surface area is 77.6 Å². The molecule has 1 aromatic heterocycles. The predicted octanol–water partition coefficient (Wildman–Crippen LogP) is 0.886. The van der Waals surface area contributed by atoms with E-state index in [2.05, 4.69) is 15.4 Å². The van der Waals surface area contributed by atoms with Crippen LogP contribution in [0, 0.1) is 0 Å². The van der Waals surface area contributed by atoms with E-state index in [4.69, 9.17) is 20.1 Å². The number of aromatic nitrogens is 3. The van der Waals surface area contributed by atoms with Crippen molar-refractivity contribution in [3.63, 3.8) is 0 Å². The van der Waals surface area contributed by atoms with E-state index in [1.807, 2.05) is 0 Å². The summed E-state index contributed by atoms with van der Waals surface area (Å²) in [7, 11) is 0. The van der Waals surface area contributed by atoms with Gasteiger partial charge in [0.2, 0.25) is 0 Å². The van der Waals surface area contributed by atoms with E-state index in [9.17, 15) is 0 Å². The lowest BCUT2D eigenvalue weighted by atomic mass is 10.3. The van der Waals surface area contributed by atoms with Gasteiger partial charge in [0.05, 0.1) is 5.52 Å². The quantitative estimate of drug-likeness (QED) is 0.497. The van der Waals surface area contributed by atoms with Crippen molar-refractivity contribution in [2.45, 2.75) is 0 Å². The number of H-pyrrole nitrogens is 1. The molecule has 7 heteroatoms. The minimum atomic E-state index is -1.83. The van der Waals surface area contributed by atoms with Crippen molar-refractivity contribution < 1.29 is 20.1 Å². The van der Waals surface area contributed by atoms with Crippen molar-refractivity contribution in [2.75, 3.05) is 0 Å². The highest BCUT2D eigenvalue weighted by molar-refractivity contribution is 5.79. The van der Waals surface area contributed by atoms with Crippen LogP contribution in [-0.4, -0.2) is 36.9 Å². The maximum absolute atomic E-state index is 9.14. The lowest BCUT2D eigenvalue weighted by molar-refractivity contribution is 0.137. The third-order valence-corrected chi connectivity index (χ3v) is 1.34. The number of benzene rings is 1. The average Bonchev–Trinajstić information content (AvgIpc) is 2.52. The van der Waals surface area contributed by atoms with Gasteiger partial charge in [0, 0.05) is 0 Å². The average molecular weight is 197 g/mol. The predicted molar refractivity (Wildman–Crippen MR) is 46.2 cm³/mol. The molecule has 0 fully saturated rings. The summed E-state index contributed by atoms with van der Waals surface area (Å²) >= 11 is 0. The Hall–Kier alpha value is -2.31. The molecule has 0 aliphatic carbocycles. The Morgan fingerprint density at radius 1 is 1.36 bits per heavy atom. The zero-order valence-electron chi connectivity index (χ0n) is 6.88. The number of carbonyl (C=O) groups is 1. The Morgan fingerprint density at radius 3 is 2.57 bits per heavy atom. The molecule has 0 saturated carbocycles. The van der Waals surface area contributed by atoms with Gasteiger partial charge in [0.15, 0.2) is 5.52 Å². The Morgan fingerprint density at radius 2 is 2.00 bits per heavy atom. The smallest absolute Gasteiger partial charge is 0.503 e. The van der Waals surface area contributed by atoms with Crippen molar-refractivity contribution in [3.8, 4) is 5.75 Å². The molecule has 2 rings (SSSR count). The van der Waals surface area contributed by atoms with Crippen LogP contribution in [0.25, 0.3) is 11.0 Å². The van der Waals surface area contributed by atoms with Gasteiger partial charge < -0.3 is 15.3 Å². The van der Waals surface area contributed by atoms with E-state index in [1.54, 1.807) is 18.2 Å². The molecule has 7 nitrogen and oxygen atoms in total. The van der Waals surface area contributed by atoms with E-state index >= 15 is 0 Å². The van der Waals surface area contributed by atoms with Gasteiger partial charge in [-0.05, 0) is 12.1 Å². The number of hydrogen-bond acceptors (Lipinski definition) is 4. The van der Waals surface area contributed by atoms with Crippen LogP contribution >= 0.6 is 0 Å². The van der Waals surface area contributed by atoms with Gasteiger partial charge in [0.1, 0.15) is 5.75 Å². The lowest BCUT2D eigenvalue weighted by Gasteiger charge is -1.87. The van der Waals surface area contributed by atoms with E-state index < -0.39 is 6.16 Å². The number of carboxylic acid groups (broad SMARTS) is 2. The minimum absolute atomic E-state index is 0.159. The largest absolute Gasteiger partial charge is 0.506 e. The normalized spacial score (nSPS) is 9.14. The third-order valence-electron chi connectivity index (χ3n) is 1.34. The Bertz CT molecular complexity index is 435. The van der Waals surface area contributed by atoms with Gasteiger partial charge in [-0.3, -0.25) is 5.10 Å². The summed E-state index contributed by atoms with van der Waals surface area (Å²) in [6.07, 6.45) is -1.83. The molecule has 4 N–H and O–H groups in total. The third kappa shape index (κ3) is 2.34. The van der Waals surface area contributed by atoms with Crippen molar-refractivity contribution in [1.29, 1.82) is 0 Å². The van der Waals surface area contributed by atoms with Crippen LogP contribution in [-0.2, 0) is 0 Å². The van der Waals surface area contributed by atoms with E-state index in [0.29, 0.717) is 5.52 Å². The molecule has 0 amide bonds. The van der Waals surface area contributed by atoms with Crippen LogP contribution < -0.4 is 0 Å². The number of phenols is 1. The van der Waals surface area contributed by atoms with Crippen LogP contribution in [0.1, 0.15) is 0 Å². The summed E-state index contributed by atoms with van der Waals surface area (Å²) in [6.45, 7) is 0. The summed E-state index contributed by atoms with van der Waals surface area (Å²) in [5.41, 5.74) is 1.27. The van der Waals surface area contributed by atoms with Gasteiger partial charge in [-0.15, -0.1) is 5.10 Å². The van der Waals surface area contributed by atoms with Crippen LogP contribution in [0.3, 0.4) is 0 Å².